The largest absolute Gasteiger partial charge is 0.487 e. The lowest BCUT2D eigenvalue weighted by molar-refractivity contribution is -0.275. The van der Waals surface area contributed by atoms with Gasteiger partial charge in [0.15, 0.2) is 12.4 Å². The maximum absolute atomic E-state index is 13.2. The Morgan fingerprint density at radius 2 is 1.21 bits per heavy atom. The molecule has 0 spiro atoms. The molecule has 1 N–H and O–H groups in total. The van der Waals surface area contributed by atoms with E-state index in [1.54, 1.807) is 0 Å². The van der Waals surface area contributed by atoms with Crippen molar-refractivity contribution in [1.29, 1.82) is 0 Å². The van der Waals surface area contributed by atoms with Gasteiger partial charge < -0.3 is 29.0 Å². The summed E-state index contributed by atoms with van der Waals surface area (Å²) in [6, 6.07) is 0. The first-order chi connectivity index (χ1) is 29.5. The fourth-order valence-corrected chi connectivity index (χ4v) is 9.43. The highest BCUT2D eigenvalue weighted by atomic mass is 16.7. The molecule has 3 rings (SSSR count). The molecule has 62 heavy (non-hydrogen) atoms. The van der Waals surface area contributed by atoms with Crippen LogP contribution < -0.4 is 14.8 Å². The molecule has 2 heterocycles. The molecule has 0 radical (unpaired) electrons. The molecule has 1 saturated heterocycles. The molecular formula is C54H95NO7. The maximum Gasteiger partial charge on any atom is 0.344 e. The van der Waals surface area contributed by atoms with E-state index < -0.39 is 17.3 Å². The molecule has 358 valence electrons. The van der Waals surface area contributed by atoms with Crippen molar-refractivity contribution in [1.82, 2.24) is 5.32 Å². The molecule has 0 bridgehead atoms. The molecule has 1 aromatic rings. The minimum atomic E-state index is -0.958. The highest BCUT2D eigenvalue weighted by Gasteiger charge is 2.42. The smallest absolute Gasteiger partial charge is 0.344 e. The average molecular weight is 870 g/mol. The summed E-state index contributed by atoms with van der Waals surface area (Å²) < 4.78 is 30.8. The number of nitrogens with one attached hydrogen (secondary N) is 1. The Morgan fingerprint density at radius 1 is 0.677 bits per heavy atom. The van der Waals surface area contributed by atoms with E-state index in [9.17, 15) is 9.59 Å². The Balaban J connectivity index is 1.43. The second kappa shape index (κ2) is 27.9. The van der Waals surface area contributed by atoms with Gasteiger partial charge in [0.2, 0.25) is 5.91 Å². The van der Waals surface area contributed by atoms with Crippen molar-refractivity contribution in [2.45, 2.75) is 254 Å². The average Bonchev–Trinajstić information content (AvgIpc) is 3.21. The van der Waals surface area contributed by atoms with Crippen LogP contribution in [0.5, 0.6) is 11.5 Å². The van der Waals surface area contributed by atoms with Gasteiger partial charge in [0, 0.05) is 12.0 Å². The summed E-state index contributed by atoms with van der Waals surface area (Å²) in [7, 11) is 0. The quantitative estimate of drug-likeness (QED) is 0.0569. The molecule has 1 amide bonds. The zero-order chi connectivity index (χ0) is 45.6. The minimum Gasteiger partial charge on any atom is -0.487 e. The Morgan fingerprint density at radius 3 is 1.77 bits per heavy atom. The SMILES string of the molecule is CCCCCCCCCCCCCCCC(=O)NC1(COC(=O)COc2c(C)c(C)c3c(c2C)CCC(C)(CCCC(C)CCCC(C)CCCC(C)C)O3)COC(C)(C)OC1. The number of amides is 1. The van der Waals surface area contributed by atoms with Gasteiger partial charge in [-0.25, -0.2) is 4.79 Å². The zero-order valence-electron chi connectivity index (χ0n) is 42.1. The Labute approximate surface area is 380 Å². The van der Waals surface area contributed by atoms with Crippen LogP contribution in [0.1, 0.15) is 232 Å². The number of benzene rings is 1. The van der Waals surface area contributed by atoms with Crippen molar-refractivity contribution in [3.8, 4) is 11.5 Å². The van der Waals surface area contributed by atoms with Gasteiger partial charge in [0.1, 0.15) is 29.2 Å². The van der Waals surface area contributed by atoms with E-state index >= 15 is 0 Å². The van der Waals surface area contributed by atoms with E-state index in [1.807, 2.05) is 20.8 Å². The van der Waals surface area contributed by atoms with Gasteiger partial charge in [0.25, 0.3) is 0 Å². The fraction of sp³-hybridized carbons (Fsp3) is 0.852. The molecule has 1 aromatic carbocycles. The summed E-state index contributed by atoms with van der Waals surface area (Å²) in [5, 5.41) is 3.13. The van der Waals surface area contributed by atoms with Crippen molar-refractivity contribution in [3.63, 3.8) is 0 Å². The Bertz CT molecular complexity index is 1440. The molecule has 0 saturated carbocycles. The van der Waals surface area contributed by atoms with Gasteiger partial charge in [-0.15, -0.1) is 0 Å². The molecule has 0 aromatic heterocycles. The first-order valence-corrected chi connectivity index (χ1v) is 25.7. The van der Waals surface area contributed by atoms with E-state index in [1.165, 1.54) is 121 Å². The Kier molecular flexibility index (Phi) is 24.3. The highest BCUT2D eigenvalue weighted by molar-refractivity contribution is 5.77. The van der Waals surface area contributed by atoms with E-state index in [0.717, 1.165) is 84.5 Å². The summed E-state index contributed by atoms with van der Waals surface area (Å²) >= 11 is 0. The number of fused-ring (bicyclic) bond motifs is 1. The van der Waals surface area contributed by atoms with Crippen LogP contribution in [0.25, 0.3) is 0 Å². The van der Waals surface area contributed by atoms with Crippen molar-refractivity contribution < 1.29 is 33.3 Å². The summed E-state index contributed by atoms with van der Waals surface area (Å²) in [4.78, 5) is 26.4. The molecule has 1 fully saturated rings. The van der Waals surface area contributed by atoms with E-state index in [-0.39, 0.29) is 37.9 Å². The van der Waals surface area contributed by atoms with Crippen LogP contribution in [0, 0.1) is 38.5 Å². The van der Waals surface area contributed by atoms with Gasteiger partial charge in [0.05, 0.1) is 13.2 Å². The van der Waals surface area contributed by atoms with E-state index in [4.69, 9.17) is 23.7 Å². The summed E-state index contributed by atoms with van der Waals surface area (Å²) in [6.45, 7) is 24.1. The van der Waals surface area contributed by atoms with Crippen molar-refractivity contribution in [2.75, 3.05) is 26.4 Å². The molecule has 3 unspecified atom stereocenters. The van der Waals surface area contributed by atoms with Crippen LogP contribution in [0.15, 0.2) is 0 Å². The van der Waals surface area contributed by atoms with Crippen LogP contribution in [0.2, 0.25) is 0 Å². The number of ether oxygens (including phenoxy) is 5. The lowest BCUT2D eigenvalue weighted by atomic mass is 9.83. The molecule has 0 aliphatic carbocycles. The predicted octanol–water partition coefficient (Wildman–Crippen LogP) is 14.2. The van der Waals surface area contributed by atoms with Crippen LogP contribution in [-0.4, -0.2) is 55.2 Å². The Hall–Kier alpha value is -2.32. The number of rotatable bonds is 32. The standard InChI is InChI=1S/C54H95NO7/c1-12-13-14-15-16-17-18-19-20-21-22-23-24-33-48(56)55-54(39-60-52(9,10)61-40-54)38-59-49(57)37-58-50-44(6)45(7)51-47(46(50)8)34-36-53(11,62-51)35-27-32-43(5)31-26-30-42(4)29-25-28-41(2)3/h41-43H,12-40H2,1-11H3,(H,55,56). The molecule has 2 aliphatic heterocycles. The third-order valence-corrected chi connectivity index (χ3v) is 14.0. The fourth-order valence-electron chi connectivity index (χ4n) is 9.43. The lowest BCUT2D eigenvalue weighted by Crippen LogP contribution is -2.63. The molecule has 2 aliphatic rings. The van der Waals surface area contributed by atoms with Crippen LogP contribution in [0.3, 0.4) is 0 Å². The first kappa shape index (κ1) is 54.0. The number of hydrogen-bond acceptors (Lipinski definition) is 7. The summed E-state index contributed by atoms with van der Waals surface area (Å²) in [5.74, 6) is 2.76. The highest BCUT2D eigenvalue weighted by Crippen LogP contribution is 2.45. The molecule has 3 atom stereocenters. The topological polar surface area (TPSA) is 92.3 Å². The summed E-state index contributed by atoms with van der Waals surface area (Å²) in [5.41, 5.74) is 3.11. The monoisotopic (exact) mass is 870 g/mol. The van der Waals surface area contributed by atoms with Crippen LogP contribution in [0.4, 0.5) is 0 Å². The number of esters is 1. The van der Waals surface area contributed by atoms with Gasteiger partial charge >= 0.3 is 5.97 Å². The third kappa shape index (κ3) is 19.8. The lowest BCUT2D eigenvalue weighted by Gasteiger charge is -2.43. The van der Waals surface area contributed by atoms with Gasteiger partial charge in [-0.1, -0.05) is 157 Å². The third-order valence-electron chi connectivity index (χ3n) is 14.0. The normalized spacial score (nSPS) is 19.1. The number of hydrogen-bond donors (Lipinski definition) is 1. The van der Waals surface area contributed by atoms with E-state index in [2.05, 4.69) is 60.7 Å². The first-order valence-electron chi connectivity index (χ1n) is 25.7. The number of carbonyl (C=O) groups is 2. The predicted molar refractivity (Wildman–Crippen MR) is 256 cm³/mol. The van der Waals surface area contributed by atoms with Gasteiger partial charge in [-0.2, -0.15) is 0 Å². The minimum absolute atomic E-state index is 0.0558. The second-order valence-electron chi connectivity index (χ2n) is 21.2. The van der Waals surface area contributed by atoms with Crippen molar-refractivity contribution in [2.24, 2.45) is 17.8 Å². The maximum atomic E-state index is 13.2. The summed E-state index contributed by atoms with van der Waals surface area (Å²) in [6.07, 6.45) is 30.3. The van der Waals surface area contributed by atoms with Gasteiger partial charge in [-0.3, -0.25) is 4.79 Å². The number of unbranched alkanes of at least 4 members (excludes halogenated alkanes) is 12. The molecule has 8 nitrogen and oxygen atoms in total. The van der Waals surface area contributed by atoms with Crippen molar-refractivity contribution in [3.05, 3.63) is 22.3 Å². The van der Waals surface area contributed by atoms with Crippen LogP contribution in [-0.2, 0) is 30.2 Å². The zero-order valence-corrected chi connectivity index (χ0v) is 42.1. The van der Waals surface area contributed by atoms with Crippen LogP contribution >= 0.6 is 0 Å². The number of carbonyl (C=O) groups excluding carboxylic acids is 2. The molecular weight excluding hydrogens is 775 g/mol. The van der Waals surface area contributed by atoms with Gasteiger partial charge in [-0.05, 0) is 108 Å². The van der Waals surface area contributed by atoms with Crippen molar-refractivity contribution >= 4 is 11.9 Å². The second-order valence-corrected chi connectivity index (χ2v) is 21.2. The molecule has 8 heteroatoms. The van der Waals surface area contributed by atoms with E-state index in [0.29, 0.717) is 6.42 Å².